The van der Waals surface area contributed by atoms with Crippen LogP contribution >= 0.6 is 0 Å². The summed E-state index contributed by atoms with van der Waals surface area (Å²) >= 11 is 0. The molecule has 2 unspecified atom stereocenters. The van der Waals surface area contributed by atoms with Crippen LogP contribution in [0.5, 0.6) is 0 Å². The number of oxime groups is 1. The average molecular weight is 439 g/mol. The Bertz CT molecular complexity index is 1190. The van der Waals surface area contributed by atoms with Gasteiger partial charge in [0.05, 0.1) is 16.8 Å². The third-order valence-corrected chi connectivity index (χ3v) is 6.76. The first kappa shape index (κ1) is 20.9. The normalized spacial score (nSPS) is 22.0. The number of aromatic nitrogens is 1. The highest BCUT2D eigenvalue weighted by Crippen LogP contribution is 2.36. The maximum Gasteiger partial charge on any atom is 0.417 e. The molecule has 5 rings (SSSR count). The van der Waals surface area contributed by atoms with Crippen molar-refractivity contribution in [1.29, 1.82) is 0 Å². The number of rotatable bonds is 5. The van der Waals surface area contributed by atoms with Gasteiger partial charge < -0.3 is 14.4 Å². The van der Waals surface area contributed by atoms with E-state index in [-0.39, 0.29) is 17.8 Å². The Morgan fingerprint density at radius 3 is 2.72 bits per heavy atom. The third-order valence-electron chi connectivity index (χ3n) is 6.76. The molecule has 8 heteroatoms. The maximum atomic E-state index is 13.2. The average Bonchev–Trinajstić information content (AvgIpc) is 3.39. The second kappa shape index (κ2) is 8.18. The monoisotopic (exact) mass is 439 g/mol. The maximum absolute atomic E-state index is 13.2. The van der Waals surface area contributed by atoms with Crippen molar-refractivity contribution in [3.8, 4) is 0 Å². The summed E-state index contributed by atoms with van der Waals surface area (Å²) in [5.74, 6) is -0.653. The SMILES string of the molecule is CC(O)(c1ccc(F)cc1)C1CCN(CC2CC(c3ccc4[nH]c(=O)oc4c3)=NO2)CC1. The fourth-order valence-corrected chi connectivity index (χ4v) is 4.81. The van der Waals surface area contributed by atoms with Gasteiger partial charge >= 0.3 is 5.76 Å². The van der Waals surface area contributed by atoms with Crippen molar-refractivity contribution in [2.45, 2.75) is 37.9 Å². The first-order chi connectivity index (χ1) is 15.4. The molecule has 2 N–H and O–H groups in total. The molecule has 2 atom stereocenters. The summed E-state index contributed by atoms with van der Waals surface area (Å²) in [4.78, 5) is 22.0. The minimum Gasteiger partial charge on any atom is -0.408 e. The lowest BCUT2D eigenvalue weighted by Gasteiger charge is -2.40. The molecule has 32 heavy (non-hydrogen) atoms. The number of hydrogen-bond acceptors (Lipinski definition) is 6. The number of halogens is 1. The Morgan fingerprint density at radius 2 is 1.97 bits per heavy atom. The topological polar surface area (TPSA) is 91.1 Å². The van der Waals surface area contributed by atoms with Crippen LogP contribution in [0.4, 0.5) is 4.39 Å². The number of piperidine rings is 1. The summed E-state index contributed by atoms with van der Waals surface area (Å²) in [6.07, 6.45) is 2.36. The Morgan fingerprint density at radius 1 is 1.22 bits per heavy atom. The van der Waals surface area contributed by atoms with E-state index in [4.69, 9.17) is 9.25 Å². The van der Waals surface area contributed by atoms with Crippen LogP contribution in [-0.2, 0) is 10.4 Å². The fourth-order valence-electron chi connectivity index (χ4n) is 4.81. The van der Waals surface area contributed by atoms with E-state index >= 15 is 0 Å². The zero-order valence-corrected chi connectivity index (χ0v) is 17.9. The zero-order chi connectivity index (χ0) is 22.3. The Balaban J connectivity index is 1.15. The predicted octanol–water partition coefficient (Wildman–Crippen LogP) is 3.37. The summed E-state index contributed by atoms with van der Waals surface area (Å²) in [5.41, 5.74) is 2.67. The van der Waals surface area contributed by atoms with Gasteiger partial charge in [0.1, 0.15) is 11.9 Å². The lowest BCUT2D eigenvalue weighted by Crippen LogP contribution is -2.44. The van der Waals surface area contributed by atoms with E-state index < -0.39 is 11.4 Å². The Labute approximate surface area is 184 Å². The van der Waals surface area contributed by atoms with Crippen LogP contribution in [0.2, 0.25) is 0 Å². The summed E-state index contributed by atoms with van der Waals surface area (Å²) in [7, 11) is 0. The molecule has 2 aromatic carbocycles. The van der Waals surface area contributed by atoms with E-state index in [1.807, 2.05) is 19.1 Å². The van der Waals surface area contributed by atoms with Crippen LogP contribution in [0.25, 0.3) is 11.1 Å². The standard InChI is InChI=1S/C24H26FN3O4/c1-24(30,16-3-5-18(25)6-4-16)17-8-10-28(11-9-17)14-19-13-21(27-32-19)15-2-7-20-22(12-15)31-23(29)26-20/h2-7,12,17,19,30H,8-11,13-14H2,1H3,(H,26,29). The summed E-state index contributed by atoms with van der Waals surface area (Å²) < 4.78 is 18.4. The van der Waals surface area contributed by atoms with Gasteiger partial charge in [-0.15, -0.1) is 0 Å². The highest BCUT2D eigenvalue weighted by molar-refractivity contribution is 6.03. The quantitative estimate of drug-likeness (QED) is 0.636. The van der Waals surface area contributed by atoms with Gasteiger partial charge in [0.2, 0.25) is 0 Å². The van der Waals surface area contributed by atoms with Gasteiger partial charge in [-0.3, -0.25) is 9.88 Å². The molecule has 0 spiro atoms. The summed E-state index contributed by atoms with van der Waals surface area (Å²) in [5, 5.41) is 15.4. The molecule has 2 aliphatic rings. The molecule has 1 fully saturated rings. The molecule has 3 aromatic rings. The van der Waals surface area contributed by atoms with Gasteiger partial charge in [0.25, 0.3) is 0 Å². The van der Waals surface area contributed by atoms with Crippen LogP contribution in [0.15, 0.2) is 56.8 Å². The molecule has 0 aliphatic carbocycles. The van der Waals surface area contributed by atoms with Crippen LogP contribution in [0.3, 0.4) is 0 Å². The number of nitrogens with zero attached hydrogens (tertiary/aromatic N) is 2. The summed E-state index contributed by atoms with van der Waals surface area (Å²) in [6, 6.07) is 11.7. The van der Waals surface area contributed by atoms with E-state index in [1.54, 1.807) is 18.2 Å². The Kier molecular flexibility index (Phi) is 5.35. The molecule has 0 bridgehead atoms. The highest BCUT2D eigenvalue weighted by Gasteiger charge is 2.37. The molecule has 0 radical (unpaired) electrons. The van der Waals surface area contributed by atoms with Crippen LogP contribution in [0.1, 0.15) is 37.3 Å². The molecule has 0 saturated carbocycles. The predicted molar refractivity (Wildman–Crippen MR) is 118 cm³/mol. The van der Waals surface area contributed by atoms with Crippen molar-refractivity contribution in [1.82, 2.24) is 9.88 Å². The van der Waals surface area contributed by atoms with E-state index in [0.29, 0.717) is 17.5 Å². The van der Waals surface area contributed by atoms with E-state index in [0.717, 1.165) is 49.3 Å². The number of likely N-dealkylation sites (tertiary alicyclic amines) is 1. The second-order valence-corrected chi connectivity index (χ2v) is 8.92. The molecule has 7 nitrogen and oxygen atoms in total. The van der Waals surface area contributed by atoms with Gasteiger partial charge in [-0.1, -0.05) is 23.4 Å². The number of oxazole rings is 1. The first-order valence-electron chi connectivity index (χ1n) is 11.0. The molecule has 1 saturated heterocycles. The molecule has 0 amide bonds. The van der Waals surface area contributed by atoms with Crippen LogP contribution < -0.4 is 5.76 Å². The van der Waals surface area contributed by atoms with Gasteiger partial charge in [-0.2, -0.15) is 0 Å². The lowest BCUT2D eigenvalue weighted by molar-refractivity contribution is -0.0395. The number of nitrogens with one attached hydrogen (secondary N) is 1. The number of fused-ring (bicyclic) bond motifs is 1. The van der Waals surface area contributed by atoms with E-state index in [1.165, 1.54) is 12.1 Å². The van der Waals surface area contributed by atoms with Gasteiger partial charge in [0, 0.05) is 18.5 Å². The minimum atomic E-state index is -0.980. The number of aromatic amines is 1. The van der Waals surface area contributed by atoms with Crippen molar-refractivity contribution in [3.63, 3.8) is 0 Å². The van der Waals surface area contributed by atoms with Crippen LogP contribution in [-0.4, -0.2) is 46.4 Å². The van der Waals surface area contributed by atoms with Crippen molar-refractivity contribution in [3.05, 3.63) is 70.0 Å². The summed E-state index contributed by atoms with van der Waals surface area (Å²) in [6.45, 7) is 4.30. The first-order valence-corrected chi connectivity index (χ1v) is 11.0. The zero-order valence-electron chi connectivity index (χ0n) is 17.9. The van der Waals surface area contributed by atoms with Gasteiger partial charge in [0.15, 0.2) is 5.58 Å². The van der Waals surface area contributed by atoms with Gasteiger partial charge in [-0.05, 0) is 68.6 Å². The molecular weight excluding hydrogens is 413 g/mol. The van der Waals surface area contributed by atoms with Crippen molar-refractivity contribution in [2.24, 2.45) is 11.1 Å². The third kappa shape index (κ3) is 4.08. The van der Waals surface area contributed by atoms with Crippen LogP contribution in [0, 0.1) is 11.7 Å². The fraction of sp³-hybridized carbons (Fsp3) is 0.417. The number of H-pyrrole nitrogens is 1. The van der Waals surface area contributed by atoms with Gasteiger partial charge in [-0.25, -0.2) is 9.18 Å². The molecule has 168 valence electrons. The minimum absolute atomic E-state index is 0.0342. The van der Waals surface area contributed by atoms with Crippen molar-refractivity contribution < 1.29 is 18.8 Å². The molecule has 1 aromatic heterocycles. The van der Waals surface area contributed by atoms with Crippen molar-refractivity contribution in [2.75, 3.05) is 19.6 Å². The largest absolute Gasteiger partial charge is 0.417 e. The van der Waals surface area contributed by atoms with Crippen molar-refractivity contribution >= 4 is 16.8 Å². The molecule has 2 aliphatic heterocycles. The number of hydrogen-bond donors (Lipinski definition) is 2. The smallest absolute Gasteiger partial charge is 0.408 e. The van der Waals surface area contributed by atoms with E-state index in [9.17, 15) is 14.3 Å². The number of benzene rings is 2. The molecule has 3 heterocycles. The Hall–Kier alpha value is -2.97. The molecular formula is C24H26FN3O4. The highest BCUT2D eigenvalue weighted by atomic mass is 19.1. The van der Waals surface area contributed by atoms with E-state index in [2.05, 4.69) is 15.0 Å². The lowest BCUT2D eigenvalue weighted by atomic mass is 9.77. The number of aliphatic hydroxyl groups is 1. The second-order valence-electron chi connectivity index (χ2n) is 8.92.